The summed E-state index contributed by atoms with van der Waals surface area (Å²) >= 11 is 5.87. The fourth-order valence-electron chi connectivity index (χ4n) is 3.22. The number of hydrogen-bond donors (Lipinski definition) is 1. The molecule has 168 valence electrons. The number of hydrogen-bond acceptors (Lipinski definition) is 9. The maximum Gasteiger partial charge on any atom is 0.364 e. The summed E-state index contributed by atoms with van der Waals surface area (Å²) in [6.07, 6.45) is 1.37. The fraction of sp³-hybridized carbons (Fsp3) is 0.0500. The molecule has 33 heavy (non-hydrogen) atoms. The van der Waals surface area contributed by atoms with E-state index >= 15 is 0 Å². The van der Waals surface area contributed by atoms with Crippen LogP contribution < -0.4 is 5.32 Å². The van der Waals surface area contributed by atoms with Gasteiger partial charge in [-0.25, -0.2) is 22.2 Å². The van der Waals surface area contributed by atoms with Crippen LogP contribution in [0.4, 0.5) is 17.2 Å². The first kappa shape index (κ1) is 22.2. The van der Waals surface area contributed by atoms with Crippen LogP contribution >= 0.6 is 11.6 Å². The minimum Gasteiger partial charge on any atom is -0.464 e. The molecule has 0 bridgehead atoms. The number of benzene rings is 2. The van der Waals surface area contributed by atoms with Crippen LogP contribution in [0.25, 0.3) is 10.9 Å². The van der Waals surface area contributed by atoms with Crippen LogP contribution in [0.5, 0.6) is 0 Å². The molecular weight excluding hydrogens is 474 g/mol. The summed E-state index contributed by atoms with van der Waals surface area (Å²) in [4.78, 5) is 30.4. The molecule has 2 aromatic heterocycles. The van der Waals surface area contributed by atoms with Crippen LogP contribution in [0.3, 0.4) is 0 Å². The number of esters is 1. The smallest absolute Gasteiger partial charge is 0.364 e. The van der Waals surface area contributed by atoms with Gasteiger partial charge in [0.25, 0.3) is 10.0 Å². The highest BCUT2D eigenvalue weighted by Gasteiger charge is 2.30. The number of aromatic nitrogens is 3. The zero-order chi connectivity index (χ0) is 23.8. The highest BCUT2D eigenvalue weighted by molar-refractivity contribution is 7.90. The Labute approximate surface area is 191 Å². The Balaban J connectivity index is 1.85. The van der Waals surface area contributed by atoms with Crippen molar-refractivity contribution in [3.05, 3.63) is 81.9 Å². The van der Waals surface area contributed by atoms with E-state index in [1.807, 2.05) is 0 Å². The summed E-state index contributed by atoms with van der Waals surface area (Å²) in [5.74, 6) is -1.42. The van der Waals surface area contributed by atoms with Crippen molar-refractivity contribution >= 4 is 55.7 Å². The second-order valence-corrected chi connectivity index (χ2v) is 8.73. The molecular formula is C20H14ClN5O6S. The van der Waals surface area contributed by atoms with Crippen molar-refractivity contribution in [1.82, 2.24) is 13.9 Å². The van der Waals surface area contributed by atoms with Gasteiger partial charge in [0.2, 0.25) is 16.8 Å². The van der Waals surface area contributed by atoms with Gasteiger partial charge in [0, 0.05) is 17.3 Å². The Morgan fingerprint density at radius 1 is 1.12 bits per heavy atom. The molecule has 13 heteroatoms. The molecule has 2 aromatic carbocycles. The molecule has 0 radical (unpaired) electrons. The standard InChI is InChI=1S/C20H14ClN5O6S/c1-32-19(27)16-17(26(28)29)18(24-20(21)23-16)22-14-8-5-9-15-13(14)10-11-25(15)33(30,31)12-6-3-2-4-7-12/h2-11H,1H3,(H,22,23,24). The molecule has 4 rings (SSSR count). The second-order valence-electron chi connectivity index (χ2n) is 6.58. The molecule has 0 amide bonds. The number of halogens is 1. The fourth-order valence-corrected chi connectivity index (χ4v) is 4.76. The average Bonchev–Trinajstić information content (AvgIpc) is 3.24. The van der Waals surface area contributed by atoms with E-state index in [2.05, 4.69) is 20.0 Å². The van der Waals surface area contributed by atoms with E-state index in [0.717, 1.165) is 11.1 Å². The highest BCUT2D eigenvalue weighted by atomic mass is 35.5. The molecule has 0 aliphatic rings. The summed E-state index contributed by atoms with van der Waals surface area (Å²) in [5, 5.41) is 14.5. The molecule has 2 heterocycles. The third-order valence-electron chi connectivity index (χ3n) is 4.67. The van der Waals surface area contributed by atoms with Gasteiger partial charge in [-0.05, 0) is 41.9 Å². The zero-order valence-corrected chi connectivity index (χ0v) is 18.4. The normalized spacial score (nSPS) is 11.3. The molecule has 0 aliphatic carbocycles. The molecule has 0 saturated carbocycles. The van der Waals surface area contributed by atoms with Gasteiger partial charge in [-0.1, -0.05) is 24.3 Å². The first-order valence-corrected chi connectivity index (χ1v) is 11.0. The average molecular weight is 488 g/mol. The largest absolute Gasteiger partial charge is 0.464 e. The van der Waals surface area contributed by atoms with Crippen LogP contribution in [0, 0.1) is 10.1 Å². The van der Waals surface area contributed by atoms with Crippen molar-refractivity contribution in [3.8, 4) is 0 Å². The summed E-state index contributed by atoms with van der Waals surface area (Å²) < 4.78 is 31.8. The van der Waals surface area contributed by atoms with Gasteiger partial charge in [-0.3, -0.25) is 10.1 Å². The Morgan fingerprint density at radius 2 is 1.85 bits per heavy atom. The van der Waals surface area contributed by atoms with Crippen molar-refractivity contribution in [2.24, 2.45) is 0 Å². The van der Waals surface area contributed by atoms with E-state index in [9.17, 15) is 23.3 Å². The van der Waals surface area contributed by atoms with E-state index < -0.39 is 37.6 Å². The van der Waals surface area contributed by atoms with Crippen molar-refractivity contribution in [2.45, 2.75) is 4.90 Å². The van der Waals surface area contributed by atoms with Crippen molar-refractivity contribution in [2.75, 3.05) is 12.4 Å². The molecule has 0 aliphatic heterocycles. The van der Waals surface area contributed by atoms with Gasteiger partial charge in [0.15, 0.2) is 0 Å². The van der Waals surface area contributed by atoms with Crippen LogP contribution in [-0.4, -0.2) is 40.4 Å². The summed E-state index contributed by atoms with van der Waals surface area (Å²) in [6.45, 7) is 0. The number of nitrogens with zero attached hydrogens (tertiary/aromatic N) is 4. The SMILES string of the molecule is COC(=O)c1nc(Cl)nc(Nc2cccc3c2ccn3S(=O)(=O)c2ccccc2)c1[N+](=O)[O-]. The van der Waals surface area contributed by atoms with E-state index in [0.29, 0.717) is 16.6 Å². The van der Waals surface area contributed by atoms with Crippen LogP contribution in [0.1, 0.15) is 10.5 Å². The maximum atomic E-state index is 13.1. The van der Waals surface area contributed by atoms with Gasteiger partial charge in [-0.15, -0.1) is 0 Å². The van der Waals surface area contributed by atoms with Crippen LogP contribution in [0.15, 0.2) is 65.7 Å². The van der Waals surface area contributed by atoms with Gasteiger partial charge in [0.05, 0.1) is 22.4 Å². The minimum absolute atomic E-state index is 0.0989. The van der Waals surface area contributed by atoms with E-state index in [-0.39, 0.29) is 10.7 Å². The number of anilines is 2. The van der Waals surface area contributed by atoms with Crippen molar-refractivity contribution < 1.29 is 22.9 Å². The molecule has 0 saturated heterocycles. The summed E-state index contributed by atoms with van der Waals surface area (Å²) in [5.41, 5.74) is -0.746. The third-order valence-corrected chi connectivity index (χ3v) is 6.54. The molecule has 0 fully saturated rings. The number of ether oxygens (including phenoxy) is 1. The third kappa shape index (κ3) is 3.97. The molecule has 0 unspecified atom stereocenters. The summed E-state index contributed by atoms with van der Waals surface area (Å²) in [6, 6.07) is 14.1. The Kier molecular flexibility index (Phi) is 5.70. The van der Waals surface area contributed by atoms with Crippen LogP contribution in [0.2, 0.25) is 5.28 Å². The molecule has 4 aromatic rings. The minimum atomic E-state index is -3.89. The van der Waals surface area contributed by atoms with Gasteiger partial charge < -0.3 is 10.1 Å². The first-order valence-electron chi connectivity index (χ1n) is 9.22. The molecule has 0 spiro atoms. The lowest BCUT2D eigenvalue weighted by Gasteiger charge is -2.11. The number of fused-ring (bicyclic) bond motifs is 1. The maximum absolute atomic E-state index is 13.1. The number of nitrogens with one attached hydrogen (secondary N) is 1. The number of carbonyl (C=O) groups excluding carboxylic acids is 1. The molecule has 0 atom stereocenters. The van der Waals surface area contributed by atoms with Crippen molar-refractivity contribution in [1.29, 1.82) is 0 Å². The topological polar surface area (TPSA) is 146 Å². The predicted molar refractivity (Wildman–Crippen MR) is 119 cm³/mol. The van der Waals surface area contributed by atoms with E-state index in [1.165, 1.54) is 24.4 Å². The van der Waals surface area contributed by atoms with Gasteiger partial charge in [-0.2, -0.15) is 4.98 Å². The Hall–Kier alpha value is -4.03. The Bertz CT molecular complexity index is 1500. The number of carbonyl (C=O) groups is 1. The predicted octanol–water partition coefficient (Wildman–Crippen LogP) is 3.76. The summed E-state index contributed by atoms with van der Waals surface area (Å²) in [7, 11) is -2.84. The Morgan fingerprint density at radius 3 is 2.52 bits per heavy atom. The van der Waals surface area contributed by atoms with E-state index in [4.69, 9.17) is 11.6 Å². The molecule has 11 nitrogen and oxygen atoms in total. The molecule has 1 N–H and O–H groups in total. The monoisotopic (exact) mass is 487 g/mol. The van der Waals surface area contributed by atoms with E-state index in [1.54, 1.807) is 36.4 Å². The van der Waals surface area contributed by atoms with Gasteiger partial charge in [0.1, 0.15) is 0 Å². The number of methoxy groups -OCH3 is 1. The van der Waals surface area contributed by atoms with Crippen LogP contribution in [-0.2, 0) is 14.8 Å². The zero-order valence-electron chi connectivity index (χ0n) is 16.8. The van der Waals surface area contributed by atoms with Gasteiger partial charge >= 0.3 is 11.7 Å². The lowest BCUT2D eigenvalue weighted by atomic mass is 10.2. The number of nitro groups is 1. The number of rotatable bonds is 6. The van der Waals surface area contributed by atoms with Crippen molar-refractivity contribution in [3.63, 3.8) is 0 Å². The quantitative estimate of drug-likeness (QED) is 0.186. The lowest BCUT2D eigenvalue weighted by molar-refractivity contribution is -0.384. The second kappa shape index (κ2) is 8.48. The first-order chi connectivity index (χ1) is 15.7. The lowest BCUT2D eigenvalue weighted by Crippen LogP contribution is -2.12. The highest BCUT2D eigenvalue weighted by Crippen LogP contribution is 2.34.